The van der Waals surface area contributed by atoms with Gasteiger partial charge in [-0.3, -0.25) is 14.4 Å². The minimum absolute atomic E-state index is 0.185. The molecule has 1 atom stereocenters. The predicted molar refractivity (Wildman–Crippen MR) is 99.3 cm³/mol. The molecule has 136 valence electrons. The van der Waals surface area contributed by atoms with Crippen LogP contribution in [0, 0.1) is 20.8 Å². The number of anilines is 1. The van der Waals surface area contributed by atoms with E-state index in [0.717, 1.165) is 21.6 Å². The highest BCUT2D eigenvalue weighted by atomic mass is 35.5. The molecule has 0 spiro atoms. The second-order valence-electron chi connectivity index (χ2n) is 6.33. The Kier molecular flexibility index (Phi) is 6.47. The van der Waals surface area contributed by atoms with Gasteiger partial charge in [-0.15, -0.1) is 23.2 Å². The van der Waals surface area contributed by atoms with Crippen LogP contribution < -0.4 is 4.90 Å². The highest BCUT2D eigenvalue weighted by Crippen LogP contribution is 2.30. The number of nitrogens with zero attached hydrogens (tertiary/aromatic N) is 2. The summed E-state index contributed by atoms with van der Waals surface area (Å²) in [6, 6.07) is 3.15. The fourth-order valence-electron chi connectivity index (χ4n) is 3.49. The van der Waals surface area contributed by atoms with Crippen molar-refractivity contribution in [1.82, 2.24) is 4.90 Å². The number of carbonyl (C=O) groups is 3. The van der Waals surface area contributed by atoms with Crippen molar-refractivity contribution in [2.24, 2.45) is 0 Å². The van der Waals surface area contributed by atoms with E-state index in [1.54, 1.807) is 0 Å². The van der Waals surface area contributed by atoms with E-state index in [-0.39, 0.29) is 17.7 Å². The quantitative estimate of drug-likeness (QED) is 0.749. The summed E-state index contributed by atoms with van der Waals surface area (Å²) in [5.74, 6) is -1.71. The molecule has 0 bridgehead atoms. The first-order valence-electron chi connectivity index (χ1n) is 8.17. The highest BCUT2D eigenvalue weighted by Gasteiger charge is 2.39. The van der Waals surface area contributed by atoms with E-state index in [2.05, 4.69) is 0 Å². The number of imide groups is 1. The van der Waals surface area contributed by atoms with Crippen molar-refractivity contribution in [3.8, 4) is 0 Å². The maximum Gasteiger partial charge on any atom is 0.256 e. The molecular weight excluding hydrogens is 363 g/mol. The Morgan fingerprint density at radius 3 is 2.24 bits per heavy atom. The summed E-state index contributed by atoms with van der Waals surface area (Å²) in [5.41, 5.74) is 3.23. The third-order valence-corrected chi connectivity index (χ3v) is 4.87. The summed E-state index contributed by atoms with van der Waals surface area (Å²) in [4.78, 5) is 40.3. The van der Waals surface area contributed by atoms with Crippen molar-refractivity contribution in [3.05, 3.63) is 28.8 Å². The van der Waals surface area contributed by atoms with Crippen molar-refractivity contribution in [1.29, 1.82) is 0 Å². The van der Waals surface area contributed by atoms with Crippen LogP contribution in [0.15, 0.2) is 12.1 Å². The van der Waals surface area contributed by atoms with Gasteiger partial charge in [0.25, 0.3) is 5.91 Å². The lowest BCUT2D eigenvalue weighted by Gasteiger charge is -2.30. The number of benzene rings is 1. The first kappa shape index (κ1) is 19.7. The van der Waals surface area contributed by atoms with Gasteiger partial charge in [0, 0.05) is 6.54 Å². The van der Waals surface area contributed by atoms with Gasteiger partial charge in [0.05, 0.1) is 5.69 Å². The maximum atomic E-state index is 13.2. The number of alkyl halides is 2. The average Bonchev–Trinajstić information content (AvgIpc) is 3.05. The van der Waals surface area contributed by atoms with Crippen LogP contribution >= 0.6 is 23.2 Å². The van der Waals surface area contributed by atoms with E-state index in [9.17, 15) is 14.4 Å². The Bertz CT molecular complexity index is 683. The van der Waals surface area contributed by atoms with Gasteiger partial charge in [-0.05, 0) is 44.7 Å². The third-order valence-electron chi connectivity index (χ3n) is 4.42. The average molecular weight is 385 g/mol. The number of hydrogen-bond acceptors (Lipinski definition) is 3. The van der Waals surface area contributed by atoms with Gasteiger partial charge in [0.2, 0.25) is 11.8 Å². The summed E-state index contributed by atoms with van der Waals surface area (Å²) in [6.45, 7) is 6.13. The molecule has 2 rings (SSSR count). The van der Waals surface area contributed by atoms with E-state index in [1.807, 2.05) is 32.9 Å². The van der Waals surface area contributed by atoms with Gasteiger partial charge in [-0.25, -0.2) is 4.90 Å². The first-order valence-corrected chi connectivity index (χ1v) is 9.24. The smallest absolute Gasteiger partial charge is 0.256 e. The number of halogens is 2. The summed E-state index contributed by atoms with van der Waals surface area (Å²) < 4.78 is 0. The SMILES string of the molecule is Cc1cc(C)c(N(C(=O)CCl)C(=O)[C@H]2CCCN2C(=O)CCl)c(C)c1. The third kappa shape index (κ3) is 3.98. The molecule has 0 aromatic heterocycles. The number of likely N-dealkylation sites (tertiary alicyclic amines) is 1. The Hall–Kier alpha value is -1.59. The molecule has 1 saturated heterocycles. The normalized spacial score (nSPS) is 16.8. The van der Waals surface area contributed by atoms with Crippen molar-refractivity contribution in [2.75, 3.05) is 23.2 Å². The Morgan fingerprint density at radius 2 is 1.72 bits per heavy atom. The van der Waals surface area contributed by atoms with Crippen molar-refractivity contribution in [3.63, 3.8) is 0 Å². The van der Waals surface area contributed by atoms with Crippen LogP contribution in [-0.4, -0.2) is 47.0 Å². The lowest BCUT2D eigenvalue weighted by molar-refractivity contribution is -0.137. The van der Waals surface area contributed by atoms with Crippen molar-refractivity contribution < 1.29 is 14.4 Å². The minimum Gasteiger partial charge on any atom is -0.330 e. The molecule has 0 saturated carbocycles. The number of hydrogen-bond donors (Lipinski definition) is 0. The van der Waals surface area contributed by atoms with Crippen LogP contribution in [0.3, 0.4) is 0 Å². The van der Waals surface area contributed by atoms with Crippen molar-refractivity contribution in [2.45, 2.75) is 39.7 Å². The summed E-state index contributed by atoms with van der Waals surface area (Å²) >= 11 is 11.4. The molecule has 0 aliphatic carbocycles. The molecule has 7 heteroatoms. The van der Waals surface area contributed by atoms with Crippen LogP contribution in [-0.2, 0) is 14.4 Å². The first-order chi connectivity index (χ1) is 11.8. The summed E-state index contributed by atoms with van der Waals surface area (Å²) in [7, 11) is 0. The molecule has 1 aliphatic rings. The van der Waals surface area contributed by atoms with Gasteiger partial charge >= 0.3 is 0 Å². The van der Waals surface area contributed by atoms with Gasteiger partial charge in [-0.1, -0.05) is 17.7 Å². The molecule has 1 fully saturated rings. The second kappa shape index (κ2) is 8.19. The van der Waals surface area contributed by atoms with Gasteiger partial charge < -0.3 is 4.90 Å². The number of rotatable bonds is 4. The lowest BCUT2D eigenvalue weighted by Crippen LogP contribution is -2.51. The van der Waals surface area contributed by atoms with Crippen LogP contribution in [0.1, 0.15) is 29.5 Å². The maximum absolute atomic E-state index is 13.2. The largest absolute Gasteiger partial charge is 0.330 e. The zero-order valence-electron chi connectivity index (χ0n) is 14.6. The van der Waals surface area contributed by atoms with E-state index in [4.69, 9.17) is 23.2 Å². The molecule has 1 heterocycles. The van der Waals surface area contributed by atoms with E-state index in [1.165, 1.54) is 4.90 Å². The molecule has 0 unspecified atom stereocenters. The second-order valence-corrected chi connectivity index (χ2v) is 6.86. The highest BCUT2D eigenvalue weighted by molar-refractivity contribution is 6.33. The molecule has 0 radical (unpaired) electrons. The van der Waals surface area contributed by atoms with Gasteiger partial charge in [-0.2, -0.15) is 0 Å². The van der Waals surface area contributed by atoms with E-state index < -0.39 is 17.9 Å². The number of carbonyl (C=O) groups excluding carboxylic acids is 3. The monoisotopic (exact) mass is 384 g/mol. The van der Waals surface area contributed by atoms with Crippen molar-refractivity contribution >= 4 is 46.6 Å². The number of amides is 3. The topological polar surface area (TPSA) is 57.7 Å². The van der Waals surface area contributed by atoms with Crippen LogP contribution in [0.2, 0.25) is 0 Å². The lowest BCUT2D eigenvalue weighted by atomic mass is 10.0. The fraction of sp³-hybridized carbons (Fsp3) is 0.500. The van der Waals surface area contributed by atoms with Crippen LogP contribution in [0.25, 0.3) is 0 Å². The van der Waals surface area contributed by atoms with Crippen LogP contribution in [0.5, 0.6) is 0 Å². The van der Waals surface area contributed by atoms with Gasteiger partial charge in [0.15, 0.2) is 0 Å². The van der Waals surface area contributed by atoms with E-state index >= 15 is 0 Å². The summed E-state index contributed by atoms with van der Waals surface area (Å²) in [6.07, 6.45) is 1.21. The van der Waals surface area contributed by atoms with E-state index in [0.29, 0.717) is 25.1 Å². The Balaban J connectivity index is 2.47. The molecule has 25 heavy (non-hydrogen) atoms. The number of aryl methyl sites for hydroxylation is 3. The Morgan fingerprint density at radius 1 is 1.12 bits per heavy atom. The molecule has 1 aliphatic heterocycles. The zero-order valence-corrected chi connectivity index (χ0v) is 16.2. The minimum atomic E-state index is -0.682. The zero-order chi connectivity index (χ0) is 18.7. The molecule has 1 aromatic carbocycles. The van der Waals surface area contributed by atoms with Crippen LogP contribution in [0.4, 0.5) is 5.69 Å². The molecule has 1 aromatic rings. The summed E-state index contributed by atoms with van der Waals surface area (Å²) in [5, 5.41) is 0. The fourth-order valence-corrected chi connectivity index (χ4v) is 3.76. The Labute approximate surface area is 157 Å². The predicted octanol–water partition coefficient (Wildman–Crippen LogP) is 2.94. The molecule has 0 N–H and O–H groups in total. The molecular formula is C18H22Cl2N2O3. The van der Waals surface area contributed by atoms with Gasteiger partial charge in [0.1, 0.15) is 17.8 Å². The standard InChI is InChI=1S/C18H22Cl2N2O3/c1-11-7-12(2)17(13(3)8-11)22(16(24)10-20)18(25)14-5-4-6-21(14)15(23)9-19/h7-8,14H,4-6,9-10H2,1-3H3/t14-/m1/s1. The molecule has 5 nitrogen and oxygen atoms in total. The molecule has 3 amide bonds.